The number of likely N-dealkylation sites (N-methyl/N-ethyl adjacent to an activating group) is 1. The normalized spacial score (nSPS) is 21.8. The molecule has 1 N–H and O–H groups in total. The van der Waals surface area contributed by atoms with Crippen molar-refractivity contribution in [3.63, 3.8) is 0 Å². The van der Waals surface area contributed by atoms with Gasteiger partial charge in [0.1, 0.15) is 17.9 Å². The number of nitrogens with one attached hydrogen (secondary N) is 1. The molecule has 2 aromatic carbocycles. The number of amides is 2. The number of benzene rings is 2. The molecule has 1 saturated heterocycles. The molecule has 3 unspecified atom stereocenters. The van der Waals surface area contributed by atoms with Crippen LogP contribution in [0.2, 0.25) is 0 Å². The number of hydrogen-bond acceptors (Lipinski definition) is 4. The SMILES string of the molecule is CCN(C(=O)c1cc2ccccc2[nH]1)C1COCC(/[N+](=C/C2CCc3ccccc32)C(=O)OC(C)(C)C)C1. The molecule has 1 aromatic heterocycles. The fourth-order valence-electron chi connectivity index (χ4n) is 5.70. The van der Waals surface area contributed by atoms with Crippen molar-refractivity contribution in [1.29, 1.82) is 0 Å². The zero-order valence-electron chi connectivity index (χ0n) is 22.8. The van der Waals surface area contributed by atoms with Gasteiger partial charge in [-0.05, 0) is 63.8 Å². The molecule has 1 aliphatic heterocycles. The monoisotopic (exact) mass is 516 g/mol. The van der Waals surface area contributed by atoms with Crippen LogP contribution in [-0.2, 0) is 15.9 Å². The van der Waals surface area contributed by atoms with Crippen molar-refractivity contribution in [3.8, 4) is 0 Å². The van der Waals surface area contributed by atoms with Crippen LogP contribution in [-0.4, -0.2) is 70.1 Å². The van der Waals surface area contributed by atoms with E-state index in [0.29, 0.717) is 31.9 Å². The summed E-state index contributed by atoms with van der Waals surface area (Å²) < 4.78 is 13.6. The molecule has 2 heterocycles. The predicted molar refractivity (Wildman–Crippen MR) is 148 cm³/mol. The fourth-order valence-corrected chi connectivity index (χ4v) is 5.70. The Kier molecular flexibility index (Phi) is 7.39. The van der Waals surface area contributed by atoms with Gasteiger partial charge in [0.15, 0.2) is 12.3 Å². The lowest BCUT2D eigenvalue weighted by molar-refractivity contribution is -0.499. The molecule has 38 heavy (non-hydrogen) atoms. The van der Waals surface area contributed by atoms with Crippen LogP contribution < -0.4 is 0 Å². The Bertz CT molecular complexity index is 1320. The Labute approximate surface area is 224 Å². The van der Waals surface area contributed by atoms with Crippen molar-refractivity contribution in [2.24, 2.45) is 0 Å². The maximum absolute atomic E-state index is 13.6. The number of carbonyl (C=O) groups is 2. The number of rotatable bonds is 5. The van der Waals surface area contributed by atoms with E-state index >= 15 is 0 Å². The van der Waals surface area contributed by atoms with Crippen LogP contribution in [0.15, 0.2) is 54.6 Å². The minimum Gasteiger partial charge on any atom is -0.406 e. The lowest BCUT2D eigenvalue weighted by Crippen LogP contribution is -2.52. The number of hydrogen-bond donors (Lipinski definition) is 1. The number of carbonyl (C=O) groups excluding carboxylic acids is 2. The molecule has 5 rings (SSSR count). The van der Waals surface area contributed by atoms with Gasteiger partial charge in [0, 0.05) is 23.9 Å². The lowest BCUT2D eigenvalue weighted by atomic mass is 10.0. The summed E-state index contributed by atoms with van der Waals surface area (Å²) in [6.07, 6.45) is 4.22. The summed E-state index contributed by atoms with van der Waals surface area (Å²) in [5.41, 5.74) is 3.47. The maximum atomic E-state index is 13.6. The molecule has 200 valence electrons. The highest BCUT2D eigenvalue weighted by atomic mass is 16.6. The van der Waals surface area contributed by atoms with Crippen molar-refractivity contribution in [3.05, 3.63) is 71.4 Å². The second-order valence-electron chi connectivity index (χ2n) is 11.3. The summed E-state index contributed by atoms with van der Waals surface area (Å²) in [4.78, 5) is 32.2. The molecular weight excluding hydrogens is 478 g/mol. The second kappa shape index (κ2) is 10.7. The third kappa shape index (κ3) is 5.53. The van der Waals surface area contributed by atoms with E-state index in [-0.39, 0.29) is 30.0 Å². The van der Waals surface area contributed by atoms with Gasteiger partial charge in [-0.3, -0.25) is 4.79 Å². The van der Waals surface area contributed by atoms with Crippen LogP contribution in [0.4, 0.5) is 4.79 Å². The summed E-state index contributed by atoms with van der Waals surface area (Å²) >= 11 is 0. The summed E-state index contributed by atoms with van der Waals surface area (Å²) in [5, 5.41) is 1.01. The Morgan fingerprint density at radius 2 is 1.89 bits per heavy atom. The van der Waals surface area contributed by atoms with Gasteiger partial charge < -0.3 is 19.4 Å². The highest BCUT2D eigenvalue weighted by Gasteiger charge is 2.41. The summed E-state index contributed by atoms with van der Waals surface area (Å²) in [6, 6.07) is 17.8. The minimum absolute atomic E-state index is 0.0598. The third-order valence-corrected chi connectivity index (χ3v) is 7.48. The quantitative estimate of drug-likeness (QED) is 0.357. The molecule has 1 aliphatic carbocycles. The van der Waals surface area contributed by atoms with Crippen LogP contribution in [0, 0.1) is 0 Å². The van der Waals surface area contributed by atoms with E-state index in [1.54, 1.807) is 4.58 Å². The predicted octanol–water partition coefficient (Wildman–Crippen LogP) is 5.54. The average Bonchev–Trinajstić information content (AvgIpc) is 3.51. The topological polar surface area (TPSA) is 74.6 Å². The highest BCUT2D eigenvalue weighted by molar-refractivity contribution is 5.98. The highest BCUT2D eigenvalue weighted by Crippen LogP contribution is 2.32. The Morgan fingerprint density at radius 1 is 1.13 bits per heavy atom. The molecule has 0 radical (unpaired) electrons. The average molecular weight is 517 g/mol. The Morgan fingerprint density at radius 3 is 2.66 bits per heavy atom. The molecule has 0 spiro atoms. The number of H-pyrrole nitrogens is 1. The van der Waals surface area contributed by atoms with Crippen LogP contribution in [0.25, 0.3) is 10.9 Å². The third-order valence-electron chi connectivity index (χ3n) is 7.48. The first kappa shape index (κ1) is 26.2. The molecular formula is C31H38N3O4+. The van der Waals surface area contributed by atoms with E-state index in [1.165, 1.54) is 11.1 Å². The standard InChI is InChI=1S/C31H37N3O4/c1-5-33(29(35)28-16-22-11-7-9-13-27(22)32-28)24-17-25(20-37-19-24)34(30(36)38-31(2,3)4)18-23-15-14-21-10-6-8-12-26(21)23/h6-13,16,18,23-25H,5,14-15,17,19-20H2,1-4H3/p+1/b34-18-. The van der Waals surface area contributed by atoms with Crippen molar-refractivity contribution >= 4 is 29.1 Å². The molecule has 2 amide bonds. The summed E-state index contributed by atoms with van der Waals surface area (Å²) in [6.45, 7) is 9.01. The molecule has 7 heteroatoms. The molecule has 0 bridgehead atoms. The van der Waals surface area contributed by atoms with E-state index in [4.69, 9.17) is 9.47 Å². The number of ether oxygens (including phenoxy) is 2. The van der Waals surface area contributed by atoms with Gasteiger partial charge in [-0.15, -0.1) is 4.58 Å². The van der Waals surface area contributed by atoms with Crippen LogP contribution >= 0.6 is 0 Å². The molecule has 1 fully saturated rings. The van der Waals surface area contributed by atoms with E-state index in [2.05, 4.69) is 29.2 Å². The molecule has 3 aromatic rings. The summed E-state index contributed by atoms with van der Waals surface area (Å²) in [5.74, 6) is 0.0739. The lowest BCUT2D eigenvalue weighted by Gasteiger charge is -2.35. The van der Waals surface area contributed by atoms with Crippen molar-refractivity contribution in [2.45, 2.75) is 70.6 Å². The van der Waals surface area contributed by atoms with E-state index in [0.717, 1.165) is 23.7 Å². The maximum Gasteiger partial charge on any atom is 0.596 e. The largest absolute Gasteiger partial charge is 0.596 e. The minimum atomic E-state index is -0.618. The molecule has 0 saturated carbocycles. The van der Waals surface area contributed by atoms with Gasteiger partial charge in [-0.25, -0.2) is 0 Å². The molecule has 2 aliphatic rings. The van der Waals surface area contributed by atoms with Gasteiger partial charge in [0.25, 0.3) is 5.91 Å². The van der Waals surface area contributed by atoms with Gasteiger partial charge in [0.05, 0.1) is 18.6 Å². The molecule has 3 atom stereocenters. The number of nitrogens with zero attached hydrogens (tertiary/aromatic N) is 2. The van der Waals surface area contributed by atoms with E-state index in [1.807, 2.05) is 69.1 Å². The van der Waals surface area contributed by atoms with Gasteiger partial charge in [-0.2, -0.15) is 4.79 Å². The van der Waals surface area contributed by atoms with Gasteiger partial charge in [0.2, 0.25) is 0 Å². The van der Waals surface area contributed by atoms with Gasteiger partial charge in [-0.1, -0.05) is 42.5 Å². The number of aromatic amines is 1. The van der Waals surface area contributed by atoms with E-state index in [9.17, 15) is 9.59 Å². The first-order valence-electron chi connectivity index (χ1n) is 13.6. The number of aromatic nitrogens is 1. The Hall–Kier alpha value is -3.45. The van der Waals surface area contributed by atoms with Crippen LogP contribution in [0.1, 0.15) is 68.1 Å². The first-order valence-corrected chi connectivity index (χ1v) is 13.6. The number of fused-ring (bicyclic) bond motifs is 2. The Balaban J connectivity index is 1.41. The number of para-hydroxylation sites is 1. The van der Waals surface area contributed by atoms with Gasteiger partial charge >= 0.3 is 6.09 Å². The smallest absolute Gasteiger partial charge is 0.406 e. The van der Waals surface area contributed by atoms with Crippen molar-refractivity contribution in [2.75, 3.05) is 19.8 Å². The van der Waals surface area contributed by atoms with E-state index < -0.39 is 5.60 Å². The first-order chi connectivity index (χ1) is 18.2. The number of aryl methyl sites for hydroxylation is 1. The van der Waals surface area contributed by atoms with Crippen LogP contribution in [0.3, 0.4) is 0 Å². The van der Waals surface area contributed by atoms with Crippen LogP contribution in [0.5, 0.6) is 0 Å². The summed E-state index contributed by atoms with van der Waals surface area (Å²) in [7, 11) is 0. The fraction of sp³-hybridized carbons (Fsp3) is 0.452. The van der Waals surface area contributed by atoms with Crippen molar-refractivity contribution < 1.29 is 23.6 Å². The second-order valence-corrected chi connectivity index (χ2v) is 11.3. The van der Waals surface area contributed by atoms with Crippen molar-refractivity contribution in [1.82, 2.24) is 9.88 Å². The zero-order valence-corrected chi connectivity index (χ0v) is 22.8. The zero-order chi connectivity index (χ0) is 26.9. The molecule has 7 nitrogen and oxygen atoms in total.